The lowest BCUT2D eigenvalue weighted by molar-refractivity contribution is -0.385. The van der Waals surface area contributed by atoms with Crippen molar-refractivity contribution < 1.29 is 22.9 Å². The van der Waals surface area contributed by atoms with Crippen LogP contribution in [0, 0.1) is 36.8 Å². The fourth-order valence-electron chi connectivity index (χ4n) is 3.70. The van der Waals surface area contributed by atoms with E-state index in [1.165, 1.54) is 27.8 Å². The molecule has 10 nitrogen and oxygen atoms in total. The normalized spacial score (nSPS) is 15.5. The predicted octanol–water partition coefficient (Wildman–Crippen LogP) is 2.72. The summed E-state index contributed by atoms with van der Waals surface area (Å²) in [7, 11) is -3.94. The van der Waals surface area contributed by atoms with Crippen molar-refractivity contribution in [3.05, 3.63) is 49.9 Å². The van der Waals surface area contributed by atoms with Crippen LogP contribution < -0.4 is 11.1 Å². The summed E-state index contributed by atoms with van der Waals surface area (Å²) in [5.74, 6) is -1.34. The van der Waals surface area contributed by atoms with Crippen LogP contribution in [0.1, 0.15) is 39.2 Å². The number of hydrogen-bond donors (Lipinski definition) is 2. The van der Waals surface area contributed by atoms with Gasteiger partial charge in [0, 0.05) is 36.0 Å². The zero-order chi connectivity index (χ0) is 23.8. The van der Waals surface area contributed by atoms with Crippen molar-refractivity contribution in [3.8, 4) is 0 Å². The molecule has 2 amide bonds. The largest absolute Gasteiger partial charge is 0.365 e. The number of nitrogens with two attached hydrogens (primary N) is 1. The lowest BCUT2D eigenvalue weighted by Crippen LogP contribution is -2.41. The second-order valence-corrected chi connectivity index (χ2v) is 10.9. The Morgan fingerprint density at radius 2 is 1.84 bits per heavy atom. The van der Waals surface area contributed by atoms with Crippen LogP contribution in [0.15, 0.2) is 23.1 Å². The van der Waals surface area contributed by atoms with Crippen molar-refractivity contribution in [2.24, 2.45) is 11.7 Å². The number of piperidine rings is 1. The van der Waals surface area contributed by atoms with Gasteiger partial charge in [-0.1, -0.05) is 6.07 Å². The van der Waals surface area contributed by atoms with Crippen molar-refractivity contribution >= 4 is 43.9 Å². The summed E-state index contributed by atoms with van der Waals surface area (Å²) in [6, 6.07) is 3.74. The number of rotatable bonds is 6. The first-order valence-corrected chi connectivity index (χ1v) is 12.1. The Morgan fingerprint density at radius 3 is 2.41 bits per heavy atom. The Labute approximate surface area is 189 Å². The first-order valence-electron chi connectivity index (χ1n) is 9.89. The van der Waals surface area contributed by atoms with E-state index in [1.54, 1.807) is 13.8 Å². The summed E-state index contributed by atoms with van der Waals surface area (Å²) in [6.07, 6.45) is 0.572. The van der Waals surface area contributed by atoms with Crippen molar-refractivity contribution in [1.29, 1.82) is 0 Å². The summed E-state index contributed by atoms with van der Waals surface area (Å²) >= 11 is 1.27. The molecule has 0 spiro atoms. The minimum Gasteiger partial charge on any atom is -0.365 e. The second-order valence-electron chi connectivity index (χ2n) is 7.73. The van der Waals surface area contributed by atoms with Gasteiger partial charge in [-0.2, -0.15) is 4.31 Å². The number of carbonyl (C=O) groups excluding carboxylic acids is 2. The molecule has 0 saturated carbocycles. The van der Waals surface area contributed by atoms with E-state index in [0.717, 1.165) is 16.5 Å². The number of carbonyl (C=O) groups is 2. The molecule has 1 fully saturated rings. The quantitative estimate of drug-likeness (QED) is 0.479. The summed E-state index contributed by atoms with van der Waals surface area (Å²) in [5, 5.41) is 14.2. The van der Waals surface area contributed by atoms with Crippen molar-refractivity contribution in [2.45, 2.75) is 38.5 Å². The number of nitrogens with one attached hydrogen (secondary N) is 1. The zero-order valence-electron chi connectivity index (χ0n) is 17.9. The molecule has 0 aliphatic carbocycles. The van der Waals surface area contributed by atoms with Crippen molar-refractivity contribution in [2.75, 3.05) is 18.4 Å². The highest BCUT2D eigenvalue weighted by molar-refractivity contribution is 7.89. The maximum absolute atomic E-state index is 13.1. The number of hydrogen-bond acceptors (Lipinski definition) is 7. The number of sulfonamides is 1. The summed E-state index contributed by atoms with van der Waals surface area (Å²) < 4.78 is 27.4. The number of nitrogens with zero attached hydrogens (tertiary/aromatic N) is 2. The average Bonchev–Trinajstić information content (AvgIpc) is 3.01. The highest BCUT2D eigenvalue weighted by Gasteiger charge is 2.34. The van der Waals surface area contributed by atoms with Crippen molar-refractivity contribution in [3.63, 3.8) is 0 Å². The molecule has 0 unspecified atom stereocenters. The topological polar surface area (TPSA) is 153 Å². The number of nitro groups is 1. The number of anilines is 1. The minimum absolute atomic E-state index is 0.105. The van der Waals surface area contributed by atoms with Crippen LogP contribution in [0.4, 0.5) is 10.7 Å². The Hall–Kier alpha value is -2.83. The number of primary amides is 1. The molecule has 1 aliphatic heterocycles. The molecule has 1 aliphatic rings. The van der Waals surface area contributed by atoms with Crippen LogP contribution >= 0.6 is 11.3 Å². The van der Waals surface area contributed by atoms with E-state index in [9.17, 15) is 28.1 Å². The van der Waals surface area contributed by atoms with E-state index in [-0.39, 0.29) is 42.4 Å². The zero-order valence-corrected chi connectivity index (χ0v) is 19.5. The first-order chi connectivity index (χ1) is 14.9. The number of non-ortho nitro benzene ring substituents is 1. The maximum atomic E-state index is 13.1. The molecule has 0 atom stereocenters. The van der Waals surface area contributed by atoms with E-state index in [1.807, 2.05) is 6.92 Å². The minimum atomic E-state index is -3.94. The summed E-state index contributed by atoms with van der Waals surface area (Å²) in [5.41, 5.74) is 6.59. The van der Waals surface area contributed by atoms with Crippen LogP contribution in [0.2, 0.25) is 0 Å². The van der Waals surface area contributed by atoms with Gasteiger partial charge >= 0.3 is 0 Å². The Morgan fingerprint density at radius 1 is 1.22 bits per heavy atom. The molecule has 32 heavy (non-hydrogen) atoms. The van der Waals surface area contributed by atoms with E-state index in [4.69, 9.17) is 5.73 Å². The van der Waals surface area contributed by atoms with Crippen LogP contribution in [-0.4, -0.2) is 42.6 Å². The Balaban J connectivity index is 1.72. The van der Waals surface area contributed by atoms with E-state index >= 15 is 0 Å². The highest BCUT2D eigenvalue weighted by Crippen LogP contribution is 2.33. The van der Waals surface area contributed by atoms with Gasteiger partial charge in [0.25, 0.3) is 11.6 Å². The monoisotopic (exact) mass is 480 g/mol. The van der Waals surface area contributed by atoms with Gasteiger partial charge in [0.2, 0.25) is 15.9 Å². The molecule has 0 radical (unpaired) electrons. The van der Waals surface area contributed by atoms with Gasteiger partial charge in [0.15, 0.2) is 0 Å². The third-order valence-corrected chi connectivity index (χ3v) is 8.86. The molecule has 3 N–H and O–H groups in total. The van der Waals surface area contributed by atoms with Gasteiger partial charge in [-0.3, -0.25) is 19.7 Å². The highest BCUT2D eigenvalue weighted by atomic mass is 32.2. The molecule has 1 aromatic heterocycles. The van der Waals surface area contributed by atoms with Crippen LogP contribution in [-0.2, 0) is 14.8 Å². The third kappa shape index (κ3) is 4.52. The van der Waals surface area contributed by atoms with Gasteiger partial charge in [-0.15, -0.1) is 11.3 Å². The smallest absolute Gasteiger partial charge is 0.270 e. The SMILES string of the molecule is Cc1ccc([N+](=O)[O-])cc1S(=O)(=O)N1CCC(C(=O)Nc2sc(C)c(C)c2C(N)=O)CC1. The molecule has 2 aromatic rings. The van der Waals surface area contributed by atoms with Gasteiger partial charge in [-0.05, 0) is 44.7 Å². The molecule has 0 bridgehead atoms. The molecule has 1 saturated heterocycles. The number of aryl methyl sites for hydroxylation is 2. The molecular formula is C20H24N4O6S2. The Bertz CT molecular complexity index is 1200. The van der Waals surface area contributed by atoms with Gasteiger partial charge in [0.05, 0.1) is 15.4 Å². The van der Waals surface area contributed by atoms with Gasteiger partial charge < -0.3 is 11.1 Å². The number of nitro benzene ring substituents is 1. The van der Waals surface area contributed by atoms with Gasteiger partial charge in [-0.25, -0.2) is 8.42 Å². The Kier molecular flexibility index (Phi) is 6.67. The second kappa shape index (κ2) is 8.96. The van der Waals surface area contributed by atoms with E-state index in [2.05, 4.69) is 5.32 Å². The van der Waals surface area contributed by atoms with E-state index in [0.29, 0.717) is 16.1 Å². The summed E-state index contributed by atoms with van der Waals surface area (Å²) in [6.45, 7) is 5.39. The standard InChI is InChI=1S/C20H24N4O6S2/c1-11-4-5-15(24(27)28)10-16(11)32(29,30)23-8-6-14(7-9-23)19(26)22-20-17(18(21)25)12(2)13(3)31-20/h4-5,10,14H,6-9H2,1-3H3,(H2,21,25)(H,22,26). The van der Waals surface area contributed by atoms with E-state index < -0.39 is 26.8 Å². The third-order valence-electron chi connectivity index (χ3n) is 5.69. The average molecular weight is 481 g/mol. The summed E-state index contributed by atoms with van der Waals surface area (Å²) in [4.78, 5) is 35.7. The number of amides is 2. The van der Waals surface area contributed by atoms with Crippen LogP contribution in [0.25, 0.3) is 0 Å². The van der Waals surface area contributed by atoms with Crippen molar-refractivity contribution in [1.82, 2.24) is 4.31 Å². The molecule has 2 heterocycles. The number of benzene rings is 1. The lowest BCUT2D eigenvalue weighted by Gasteiger charge is -2.30. The maximum Gasteiger partial charge on any atom is 0.270 e. The number of thiophene rings is 1. The molecule has 3 rings (SSSR count). The molecule has 1 aromatic carbocycles. The van der Waals surface area contributed by atoms with Crippen LogP contribution in [0.5, 0.6) is 0 Å². The van der Waals surface area contributed by atoms with Gasteiger partial charge in [0.1, 0.15) is 5.00 Å². The predicted molar refractivity (Wildman–Crippen MR) is 120 cm³/mol. The fraction of sp³-hybridized carbons (Fsp3) is 0.400. The lowest BCUT2D eigenvalue weighted by atomic mass is 9.97. The molecule has 172 valence electrons. The first kappa shape index (κ1) is 23.8. The molecular weight excluding hydrogens is 456 g/mol. The molecule has 12 heteroatoms. The van der Waals surface area contributed by atoms with Crippen LogP contribution in [0.3, 0.4) is 0 Å². The fourth-order valence-corrected chi connectivity index (χ4v) is 6.49.